The van der Waals surface area contributed by atoms with Gasteiger partial charge < -0.3 is 10.6 Å². The molecule has 1 aromatic rings. The van der Waals surface area contributed by atoms with Crippen LogP contribution in [0, 0.1) is 0 Å². The molecule has 0 radical (unpaired) electrons. The summed E-state index contributed by atoms with van der Waals surface area (Å²) in [7, 11) is 0. The Morgan fingerprint density at radius 1 is 1.30 bits per heavy atom. The van der Waals surface area contributed by atoms with E-state index in [4.69, 9.17) is 5.73 Å². The van der Waals surface area contributed by atoms with E-state index in [9.17, 15) is 14.4 Å². The van der Waals surface area contributed by atoms with Crippen LogP contribution in [0.25, 0.3) is 6.08 Å². The molecule has 0 bridgehead atoms. The minimum absolute atomic E-state index is 0.149. The molecule has 120 valence electrons. The Morgan fingerprint density at radius 3 is 2.87 bits per heavy atom. The number of hydrogen-bond acceptors (Lipinski definition) is 4. The first-order valence-electron chi connectivity index (χ1n) is 7.75. The summed E-state index contributed by atoms with van der Waals surface area (Å²) in [6.45, 7) is 0.969. The van der Waals surface area contributed by atoms with Gasteiger partial charge in [0.1, 0.15) is 6.04 Å². The van der Waals surface area contributed by atoms with Gasteiger partial charge >= 0.3 is 0 Å². The minimum atomic E-state index is -0.575. The fourth-order valence-electron chi connectivity index (χ4n) is 3.07. The highest BCUT2D eigenvalue weighted by Crippen LogP contribution is 2.30. The molecule has 6 heteroatoms. The van der Waals surface area contributed by atoms with Crippen molar-refractivity contribution in [3.05, 3.63) is 41.0 Å². The third-order valence-corrected chi connectivity index (χ3v) is 4.25. The Hall–Kier alpha value is -2.47. The van der Waals surface area contributed by atoms with Gasteiger partial charge in [0.25, 0.3) is 5.91 Å². The molecule has 1 aromatic carbocycles. The lowest BCUT2D eigenvalue weighted by Crippen LogP contribution is -2.52. The second-order valence-corrected chi connectivity index (χ2v) is 5.75. The maximum absolute atomic E-state index is 12.6. The first-order chi connectivity index (χ1) is 11.1. The van der Waals surface area contributed by atoms with Crippen molar-refractivity contribution in [2.75, 3.05) is 6.54 Å². The van der Waals surface area contributed by atoms with Gasteiger partial charge in [0, 0.05) is 18.5 Å². The van der Waals surface area contributed by atoms with E-state index in [1.165, 1.54) is 0 Å². The molecule has 0 spiro atoms. The van der Waals surface area contributed by atoms with Crippen molar-refractivity contribution < 1.29 is 14.4 Å². The van der Waals surface area contributed by atoms with Gasteiger partial charge in [0.05, 0.1) is 0 Å². The number of hydrogen-bond donors (Lipinski definition) is 2. The molecule has 0 aliphatic carbocycles. The predicted molar refractivity (Wildman–Crippen MR) is 85.2 cm³/mol. The number of nitrogens with two attached hydrogens (primary N) is 1. The van der Waals surface area contributed by atoms with E-state index in [-0.39, 0.29) is 24.1 Å². The Bertz CT molecular complexity index is 696. The molecule has 1 unspecified atom stereocenters. The smallest absolute Gasteiger partial charge is 0.255 e. The van der Waals surface area contributed by atoms with Gasteiger partial charge in [-0.2, -0.15) is 0 Å². The van der Waals surface area contributed by atoms with Gasteiger partial charge in [-0.25, -0.2) is 0 Å². The fourth-order valence-corrected chi connectivity index (χ4v) is 3.07. The first kappa shape index (κ1) is 15.4. The third-order valence-electron chi connectivity index (χ3n) is 4.25. The van der Waals surface area contributed by atoms with Crippen molar-refractivity contribution in [1.29, 1.82) is 0 Å². The lowest BCUT2D eigenvalue weighted by atomic mass is 10.0. The lowest BCUT2D eigenvalue weighted by molar-refractivity contribution is -0.136. The normalized spacial score (nSPS) is 21.0. The third kappa shape index (κ3) is 2.90. The summed E-state index contributed by atoms with van der Waals surface area (Å²) >= 11 is 0. The van der Waals surface area contributed by atoms with Crippen LogP contribution in [0.5, 0.6) is 0 Å². The van der Waals surface area contributed by atoms with E-state index in [0.29, 0.717) is 25.1 Å². The van der Waals surface area contributed by atoms with Gasteiger partial charge in [-0.1, -0.05) is 24.3 Å². The van der Waals surface area contributed by atoms with Gasteiger partial charge in [-0.3, -0.25) is 19.7 Å². The van der Waals surface area contributed by atoms with Crippen LogP contribution in [0.15, 0.2) is 24.3 Å². The number of nitrogens with zero attached hydrogens (tertiary/aromatic N) is 1. The van der Waals surface area contributed by atoms with E-state index in [1.54, 1.807) is 11.0 Å². The number of fused-ring (bicyclic) bond motifs is 1. The summed E-state index contributed by atoms with van der Waals surface area (Å²) in [5.41, 5.74) is 8.02. The molecule has 3 rings (SSSR count). The number of piperidine rings is 1. The van der Waals surface area contributed by atoms with E-state index in [1.807, 2.05) is 24.3 Å². The second-order valence-electron chi connectivity index (χ2n) is 5.75. The highest BCUT2D eigenvalue weighted by molar-refractivity contribution is 6.05. The monoisotopic (exact) mass is 313 g/mol. The van der Waals surface area contributed by atoms with E-state index >= 15 is 0 Å². The van der Waals surface area contributed by atoms with Crippen LogP contribution >= 0.6 is 0 Å². The molecular formula is C17H19N3O3. The number of nitrogens with one attached hydrogen (secondary N) is 1. The zero-order chi connectivity index (χ0) is 16.4. The molecule has 3 N–H and O–H groups in total. The maximum atomic E-state index is 12.6. The van der Waals surface area contributed by atoms with Crippen molar-refractivity contribution >= 4 is 23.8 Å². The zero-order valence-corrected chi connectivity index (χ0v) is 12.7. The summed E-state index contributed by atoms with van der Waals surface area (Å²) in [5, 5.41) is 2.31. The Balaban J connectivity index is 1.85. The molecule has 3 amide bonds. The lowest BCUT2D eigenvalue weighted by Gasteiger charge is -2.29. The summed E-state index contributed by atoms with van der Waals surface area (Å²) in [6, 6.07) is 5.00. The van der Waals surface area contributed by atoms with Gasteiger partial charge in [-0.15, -0.1) is 0 Å². The standard InChI is InChI=1S/C17H19N3O3/c18-9-2-1-4-11-5-3-6-12-13(11)10-20(17(12)23)14-7-8-15(21)19-16(14)22/h1,3-6,14H,2,7-10,18H2,(H,19,21,22)/b4-1+. The Morgan fingerprint density at radius 2 is 2.13 bits per heavy atom. The minimum Gasteiger partial charge on any atom is -0.330 e. The van der Waals surface area contributed by atoms with E-state index in [0.717, 1.165) is 17.5 Å². The SMILES string of the molecule is NCC/C=C/c1cccc2c1CN(C1CCC(=O)NC1=O)C2=O. The van der Waals surface area contributed by atoms with Crippen molar-refractivity contribution in [2.45, 2.75) is 31.8 Å². The van der Waals surface area contributed by atoms with Crippen LogP contribution in [0.3, 0.4) is 0 Å². The molecule has 23 heavy (non-hydrogen) atoms. The number of carbonyl (C=O) groups excluding carboxylic acids is 3. The zero-order valence-electron chi connectivity index (χ0n) is 12.7. The summed E-state index contributed by atoms with van der Waals surface area (Å²) in [6.07, 6.45) is 5.36. The van der Waals surface area contributed by atoms with Gasteiger partial charge in [-0.05, 0) is 36.6 Å². The number of carbonyl (C=O) groups is 3. The highest BCUT2D eigenvalue weighted by atomic mass is 16.2. The number of benzene rings is 1. The molecule has 1 fully saturated rings. The van der Waals surface area contributed by atoms with E-state index in [2.05, 4.69) is 5.32 Å². The van der Waals surface area contributed by atoms with Crippen molar-refractivity contribution in [3.63, 3.8) is 0 Å². The molecule has 2 heterocycles. The average molecular weight is 313 g/mol. The van der Waals surface area contributed by atoms with E-state index < -0.39 is 6.04 Å². The largest absolute Gasteiger partial charge is 0.330 e. The summed E-state index contributed by atoms with van der Waals surface area (Å²) < 4.78 is 0. The van der Waals surface area contributed by atoms with Crippen molar-refractivity contribution in [1.82, 2.24) is 10.2 Å². The number of imide groups is 1. The van der Waals surface area contributed by atoms with Crippen LogP contribution in [0.2, 0.25) is 0 Å². The predicted octanol–water partition coefficient (Wildman–Crippen LogP) is 0.810. The Kier molecular flexibility index (Phi) is 4.25. The van der Waals surface area contributed by atoms with Crippen LogP contribution in [-0.4, -0.2) is 35.2 Å². The molecule has 2 aliphatic heterocycles. The van der Waals surface area contributed by atoms with Gasteiger partial charge in [0.2, 0.25) is 11.8 Å². The first-order valence-corrected chi connectivity index (χ1v) is 7.75. The summed E-state index contributed by atoms with van der Waals surface area (Å²) in [5.74, 6) is -0.813. The molecule has 2 aliphatic rings. The van der Waals surface area contributed by atoms with Crippen LogP contribution < -0.4 is 11.1 Å². The molecule has 1 atom stereocenters. The highest BCUT2D eigenvalue weighted by Gasteiger charge is 2.39. The molecular weight excluding hydrogens is 294 g/mol. The second kappa shape index (κ2) is 6.34. The topological polar surface area (TPSA) is 92.5 Å². The molecule has 6 nitrogen and oxygen atoms in total. The fraction of sp³-hybridized carbons (Fsp3) is 0.353. The number of amides is 3. The maximum Gasteiger partial charge on any atom is 0.255 e. The van der Waals surface area contributed by atoms with Crippen molar-refractivity contribution in [3.8, 4) is 0 Å². The van der Waals surface area contributed by atoms with Crippen molar-refractivity contribution in [2.24, 2.45) is 5.73 Å². The van der Waals surface area contributed by atoms with Crippen LogP contribution in [-0.2, 0) is 16.1 Å². The van der Waals surface area contributed by atoms with Crippen LogP contribution in [0.1, 0.15) is 40.7 Å². The number of rotatable bonds is 4. The molecule has 0 aromatic heterocycles. The van der Waals surface area contributed by atoms with Gasteiger partial charge in [0.15, 0.2) is 0 Å². The molecule has 1 saturated heterocycles. The quantitative estimate of drug-likeness (QED) is 0.805. The average Bonchev–Trinajstić information content (AvgIpc) is 2.86. The Labute approximate surface area is 134 Å². The van der Waals surface area contributed by atoms with Crippen LogP contribution in [0.4, 0.5) is 0 Å². The summed E-state index contributed by atoms with van der Waals surface area (Å²) in [4.78, 5) is 37.5. The molecule has 0 saturated carbocycles.